The largest absolute Gasteiger partial charge is 0.371 e. The SMILES string of the molecule is C[C@H](OCc1ccc(Br)cc1)[C@H]1CO1. The van der Waals surface area contributed by atoms with Crippen LogP contribution in [-0.2, 0) is 16.1 Å². The summed E-state index contributed by atoms with van der Waals surface area (Å²) < 4.78 is 11.9. The topological polar surface area (TPSA) is 21.8 Å². The predicted molar refractivity (Wildman–Crippen MR) is 58.1 cm³/mol. The Bertz CT molecular complexity index is 293. The van der Waals surface area contributed by atoms with Gasteiger partial charge >= 0.3 is 0 Å². The lowest BCUT2D eigenvalue weighted by molar-refractivity contribution is 0.0340. The Balaban J connectivity index is 1.82. The van der Waals surface area contributed by atoms with Crippen molar-refractivity contribution in [2.24, 2.45) is 0 Å². The van der Waals surface area contributed by atoms with Crippen molar-refractivity contribution in [1.82, 2.24) is 0 Å². The smallest absolute Gasteiger partial charge is 0.107 e. The Labute approximate surface area is 92.3 Å². The van der Waals surface area contributed by atoms with Crippen LogP contribution in [0.2, 0.25) is 0 Å². The van der Waals surface area contributed by atoms with Crippen molar-refractivity contribution >= 4 is 15.9 Å². The number of rotatable bonds is 4. The Morgan fingerprint density at radius 3 is 2.71 bits per heavy atom. The maximum absolute atomic E-state index is 5.65. The molecule has 2 nitrogen and oxygen atoms in total. The van der Waals surface area contributed by atoms with Crippen LogP contribution in [0.1, 0.15) is 12.5 Å². The first-order chi connectivity index (χ1) is 6.75. The molecule has 0 radical (unpaired) electrons. The molecule has 0 amide bonds. The van der Waals surface area contributed by atoms with Gasteiger partial charge in [0.25, 0.3) is 0 Å². The predicted octanol–water partition coefficient (Wildman–Crippen LogP) is 2.75. The van der Waals surface area contributed by atoms with Crippen LogP contribution in [0.3, 0.4) is 0 Å². The average molecular weight is 257 g/mol. The van der Waals surface area contributed by atoms with Gasteiger partial charge in [0, 0.05) is 4.47 Å². The summed E-state index contributed by atoms with van der Waals surface area (Å²) in [6, 6.07) is 8.17. The highest BCUT2D eigenvalue weighted by molar-refractivity contribution is 9.10. The van der Waals surface area contributed by atoms with E-state index in [4.69, 9.17) is 9.47 Å². The second kappa shape index (κ2) is 4.43. The fourth-order valence-corrected chi connectivity index (χ4v) is 1.51. The summed E-state index contributed by atoms with van der Waals surface area (Å²) in [4.78, 5) is 0. The molecule has 0 aliphatic carbocycles. The number of benzene rings is 1. The Hall–Kier alpha value is -0.380. The quantitative estimate of drug-likeness (QED) is 0.773. The summed E-state index contributed by atoms with van der Waals surface area (Å²) in [5, 5.41) is 0. The normalized spacial score (nSPS) is 22.0. The summed E-state index contributed by atoms with van der Waals surface area (Å²) >= 11 is 3.40. The van der Waals surface area contributed by atoms with Crippen LogP contribution in [0.25, 0.3) is 0 Å². The Morgan fingerprint density at radius 2 is 2.14 bits per heavy atom. The van der Waals surface area contributed by atoms with Crippen LogP contribution in [0.5, 0.6) is 0 Å². The van der Waals surface area contributed by atoms with Crippen molar-refractivity contribution in [3.63, 3.8) is 0 Å². The molecule has 1 aromatic carbocycles. The molecule has 0 aromatic heterocycles. The van der Waals surface area contributed by atoms with Gasteiger partial charge in [-0.25, -0.2) is 0 Å². The molecule has 1 aromatic rings. The van der Waals surface area contributed by atoms with Crippen molar-refractivity contribution in [3.05, 3.63) is 34.3 Å². The van der Waals surface area contributed by atoms with Crippen LogP contribution in [-0.4, -0.2) is 18.8 Å². The molecule has 0 unspecified atom stereocenters. The highest BCUT2D eigenvalue weighted by atomic mass is 79.9. The highest BCUT2D eigenvalue weighted by Crippen LogP contribution is 2.18. The van der Waals surface area contributed by atoms with Crippen molar-refractivity contribution in [1.29, 1.82) is 0 Å². The molecule has 3 heteroatoms. The van der Waals surface area contributed by atoms with E-state index in [9.17, 15) is 0 Å². The average Bonchev–Trinajstić information content (AvgIpc) is 3.00. The molecule has 1 aliphatic heterocycles. The first kappa shape index (κ1) is 10.1. The van der Waals surface area contributed by atoms with Gasteiger partial charge in [-0.3, -0.25) is 0 Å². The lowest BCUT2D eigenvalue weighted by Crippen LogP contribution is -2.14. The minimum Gasteiger partial charge on any atom is -0.371 e. The molecule has 1 heterocycles. The maximum Gasteiger partial charge on any atom is 0.107 e. The zero-order chi connectivity index (χ0) is 9.97. The maximum atomic E-state index is 5.65. The fourth-order valence-electron chi connectivity index (χ4n) is 1.24. The Morgan fingerprint density at radius 1 is 1.50 bits per heavy atom. The molecule has 14 heavy (non-hydrogen) atoms. The van der Waals surface area contributed by atoms with Crippen molar-refractivity contribution in [2.45, 2.75) is 25.7 Å². The molecule has 1 saturated heterocycles. The summed E-state index contributed by atoms with van der Waals surface area (Å²) in [5.41, 5.74) is 1.20. The number of epoxide rings is 1. The summed E-state index contributed by atoms with van der Waals surface area (Å²) in [5.74, 6) is 0. The van der Waals surface area contributed by atoms with E-state index in [1.807, 2.05) is 12.1 Å². The van der Waals surface area contributed by atoms with E-state index in [2.05, 4.69) is 35.0 Å². The molecule has 0 spiro atoms. The van der Waals surface area contributed by atoms with Gasteiger partial charge < -0.3 is 9.47 Å². The third-order valence-corrected chi connectivity index (χ3v) is 2.84. The first-order valence-electron chi connectivity index (χ1n) is 4.73. The summed E-state index contributed by atoms with van der Waals surface area (Å²) in [7, 11) is 0. The van der Waals surface area contributed by atoms with E-state index in [-0.39, 0.29) is 6.10 Å². The standard InChI is InChI=1S/C11H13BrO2/c1-8(11-7-14-11)13-6-9-2-4-10(12)5-3-9/h2-5,8,11H,6-7H2,1H3/t8-,11+/m0/s1. The third-order valence-electron chi connectivity index (χ3n) is 2.31. The molecule has 1 fully saturated rings. The van der Waals surface area contributed by atoms with Crippen LogP contribution in [0, 0.1) is 0 Å². The minimum atomic E-state index is 0.207. The molecule has 0 saturated carbocycles. The van der Waals surface area contributed by atoms with E-state index >= 15 is 0 Å². The summed E-state index contributed by atoms with van der Waals surface area (Å²) in [6.45, 7) is 3.56. The molecular formula is C11H13BrO2. The second-order valence-electron chi connectivity index (χ2n) is 3.51. The van der Waals surface area contributed by atoms with Crippen LogP contribution >= 0.6 is 15.9 Å². The molecule has 0 N–H and O–H groups in total. The molecular weight excluding hydrogens is 244 g/mol. The van der Waals surface area contributed by atoms with Crippen molar-refractivity contribution in [2.75, 3.05) is 6.61 Å². The van der Waals surface area contributed by atoms with E-state index < -0.39 is 0 Å². The van der Waals surface area contributed by atoms with Crippen LogP contribution < -0.4 is 0 Å². The van der Waals surface area contributed by atoms with Crippen molar-refractivity contribution < 1.29 is 9.47 Å². The lowest BCUT2D eigenvalue weighted by atomic mass is 10.2. The highest BCUT2D eigenvalue weighted by Gasteiger charge is 2.29. The van der Waals surface area contributed by atoms with E-state index in [1.54, 1.807) is 0 Å². The second-order valence-corrected chi connectivity index (χ2v) is 4.43. The number of ether oxygens (including phenoxy) is 2. The first-order valence-corrected chi connectivity index (χ1v) is 5.52. The van der Waals surface area contributed by atoms with Crippen LogP contribution in [0.4, 0.5) is 0 Å². The fraction of sp³-hybridized carbons (Fsp3) is 0.455. The van der Waals surface area contributed by atoms with E-state index in [0.29, 0.717) is 12.7 Å². The number of hydrogen-bond donors (Lipinski definition) is 0. The van der Waals surface area contributed by atoms with Gasteiger partial charge in [0.1, 0.15) is 6.10 Å². The monoisotopic (exact) mass is 256 g/mol. The molecule has 2 atom stereocenters. The van der Waals surface area contributed by atoms with Gasteiger partial charge in [-0.1, -0.05) is 28.1 Å². The van der Waals surface area contributed by atoms with Crippen LogP contribution in [0.15, 0.2) is 28.7 Å². The number of halogens is 1. The van der Waals surface area contributed by atoms with Gasteiger partial charge in [-0.15, -0.1) is 0 Å². The Kier molecular flexibility index (Phi) is 3.21. The molecule has 1 aliphatic rings. The van der Waals surface area contributed by atoms with Gasteiger partial charge in [-0.05, 0) is 24.6 Å². The number of hydrogen-bond acceptors (Lipinski definition) is 2. The van der Waals surface area contributed by atoms with Gasteiger partial charge in [-0.2, -0.15) is 0 Å². The zero-order valence-corrected chi connectivity index (χ0v) is 9.66. The van der Waals surface area contributed by atoms with Gasteiger partial charge in [0.2, 0.25) is 0 Å². The minimum absolute atomic E-state index is 0.207. The lowest BCUT2D eigenvalue weighted by Gasteiger charge is -2.09. The van der Waals surface area contributed by atoms with Crippen molar-refractivity contribution in [3.8, 4) is 0 Å². The molecule has 76 valence electrons. The van der Waals surface area contributed by atoms with Gasteiger partial charge in [0.05, 0.1) is 19.3 Å². The molecule has 2 rings (SSSR count). The van der Waals surface area contributed by atoms with E-state index in [0.717, 1.165) is 11.1 Å². The van der Waals surface area contributed by atoms with Gasteiger partial charge in [0.15, 0.2) is 0 Å². The van der Waals surface area contributed by atoms with E-state index in [1.165, 1.54) is 5.56 Å². The zero-order valence-electron chi connectivity index (χ0n) is 8.07. The third kappa shape index (κ3) is 2.80. The summed E-state index contributed by atoms with van der Waals surface area (Å²) in [6.07, 6.45) is 0.532. The molecule has 0 bridgehead atoms.